The second-order valence-electron chi connectivity index (χ2n) is 7.94. The Bertz CT molecular complexity index is 901. The third-order valence-electron chi connectivity index (χ3n) is 5.37. The Hall–Kier alpha value is -2.83. The summed E-state index contributed by atoms with van der Waals surface area (Å²) in [5.41, 5.74) is 0.357. The first-order valence-electron chi connectivity index (χ1n) is 10.5. The van der Waals surface area contributed by atoms with Crippen LogP contribution in [0, 0.1) is 0 Å². The lowest BCUT2D eigenvalue weighted by Gasteiger charge is -2.39. The van der Waals surface area contributed by atoms with Gasteiger partial charge in [0.05, 0.1) is 12.9 Å². The van der Waals surface area contributed by atoms with E-state index in [9.17, 15) is 5.11 Å². The summed E-state index contributed by atoms with van der Waals surface area (Å²) in [6.45, 7) is 4.03. The molecule has 0 amide bonds. The Labute approximate surface area is 177 Å². The van der Waals surface area contributed by atoms with Gasteiger partial charge >= 0.3 is 0 Å². The number of piperidine rings is 1. The lowest BCUT2D eigenvalue weighted by Crippen LogP contribution is -2.51. The molecule has 1 atom stereocenters. The summed E-state index contributed by atoms with van der Waals surface area (Å²) in [6.07, 6.45) is 7.20. The van der Waals surface area contributed by atoms with E-state index in [1.807, 2.05) is 53.2 Å². The van der Waals surface area contributed by atoms with Gasteiger partial charge in [0.25, 0.3) is 0 Å². The molecule has 158 valence electrons. The van der Waals surface area contributed by atoms with Crippen molar-refractivity contribution in [1.29, 1.82) is 0 Å². The van der Waals surface area contributed by atoms with Crippen molar-refractivity contribution >= 4 is 0 Å². The van der Waals surface area contributed by atoms with Crippen LogP contribution in [0.1, 0.15) is 18.4 Å². The number of β-amino-alcohol motifs (C(OH)–C–C–N with tert-alkyl or cyclic N) is 1. The summed E-state index contributed by atoms with van der Waals surface area (Å²) in [6, 6.07) is 17.9. The third kappa shape index (κ3) is 5.84. The molecule has 1 N–H and O–H groups in total. The van der Waals surface area contributed by atoms with Gasteiger partial charge in [-0.05, 0) is 49.2 Å². The van der Waals surface area contributed by atoms with Crippen LogP contribution in [0.15, 0.2) is 73.3 Å². The minimum atomic E-state index is -0.826. The average Bonchev–Trinajstić information content (AvgIpc) is 3.27. The summed E-state index contributed by atoms with van der Waals surface area (Å²) < 4.78 is 13.7. The molecule has 2 aromatic carbocycles. The zero-order valence-corrected chi connectivity index (χ0v) is 17.2. The highest BCUT2D eigenvalue weighted by atomic mass is 16.5. The van der Waals surface area contributed by atoms with Gasteiger partial charge in [0.15, 0.2) is 0 Å². The molecule has 1 aromatic heterocycles. The summed E-state index contributed by atoms with van der Waals surface area (Å²) in [4.78, 5) is 6.34. The molecule has 1 saturated heterocycles. The number of likely N-dealkylation sites (tertiary alicyclic amines) is 1. The van der Waals surface area contributed by atoms with Gasteiger partial charge in [-0.25, -0.2) is 4.98 Å². The van der Waals surface area contributed by atoms with Gasteiger partial charge in [-0.2, -0.15) is 0 Å². The second kappa shape index (κ2) is 9.78. The van der Waals surface area contributed by atoms with Crippen molar-refractivity contribution in [2.24, 2.45) is 0 Å². The minimum absolute atomic E-state index is 0.310. The third-order valence-corrected chi connectivity index (χ3v) is 5.37. The molecule has 2 heterocycles. The summed E-state index contributed by atoms with van der Waals surface area (Å²) >= 11 is 0. The number of hydrogen-bond acceptors (Lipinski definition) is 5. The maximum absolute atomic E-state index is 11.0. The van der Waals surface area contributed by atoms with Crippen LogP contribution < -0.4 is 9.47 Å². The number of ether oxygens (including phenoxy) is 2. The van der Waals surface area contributed by atoms with E-state index in [0.29, 0.717) is 19.8 Å². The molecule has 0 bridgehead atoms. The number of rotatable bonds is 9. The predicted octanol–water partition coefficient (Wildman–Crippen LogP) is 3.37. The number of para-hydroxylation sites is 1. The van der Waals surface area contributed by atoms with Gasteiger partial charge in [-0.1, -0.05) is 30.3 Å². The largest absolute Gasteiger partial charge is 0.492 e. The normalized spacial score (nSPS) is 19.5. The van der Waals surface area contributed by atoms with Crippen LogP contribution >= 0.6 is 0 Å². The zero-order chi connectivity index (χ0) is 20.7. The van der Waals surface area contributed by atoms with E-state index >= 15 is 0 Å². The van der Waals surface area contributed by atoms with Crippen LogP contribution in [0.3, 0.4) is 0 Å². The number of hydrogen-bond donors (Lipinski definition) is 1. The first-order chi connectivity index (χ1) is 14.7. The number of aromatic nitrogens is 2. The second-order valence-corrected chi connectivity index (χ2v) is 7.94. The van der Waals surface area contributed by atoms with Crippen LogP contribution in [0.4, 0.5) is 0 Å². The van der Waals surface area contributed by atoms with Gasteiger partial charge in [0.1, 0.15) is 30.3 Å². The smallest absolute Gasteiger partial charge is 0.119 e. The van der Waals surface area contributed by atoms with Crippen LogP contribution in [-0.4, -0.2) is 51.5 Å². The standard InChI is InChI=1S/C24H29N3O3/c28-24(19-30-22-7-2-1-3-8-22)10-5-12-27(18-24)17-21-6-4-9-23(16-21)29-15-14-26-13-11-25-20-26/h1-4,6-9,11,13,16,20,28H,5,10,12,14-15,17-19H2. The van der Waals surface area contributed by atoms with E-state index in [4.69, 9.17) is 9.47 Å². The Kier molecular flexibility index (Phi) is 6.67. The summed E-state index contributed by atoms with van der Waals surface area (Å²) in [7, 11) is 0. The van der Waals surface area contributed by atoms with Crippen LogP contribution in [0.2, 0.25) is 0 Å². The highest BCUT2D eigenvalue weighted by molar-refractivity contribution is 5.28. The van der Waals surface area contributed by atoms with Crippen molar-refractivity contribution in [3.63, 3.8) is 0 Å². The fraction of sp³-hybridized carbons (Fsp3) is 0.375. The molecule has 0 radical (unpaired) electrons. The zero-order valence-electron chi connectivity index (χ0n) is 17.2. The first kappa shape index (κ1) is 20.4. The molecular formula is C24H29N3O3. The fourth-order valence-corrected chi connectivity index (χ4v) is 3.87. The first-order valence-corrected chi connectivity index (χ1v) is 10.5. The van der Waals surface area contributed by atoms with Gasteiger partial charge in [-0.15, -0.1) is 0 Å². The lowest BCUT2D eigenvalue weighted by atomic mass is 9.93. The maximum atomic E-state index is 11.0. The molecular weight excluding hydrogens is 378 g/mol. The van der Waals surface area contributed by atoms with Crippen LogP contribution in [0.25, 0.3) is 0 Å². The highest BCUT2D eigenvalue weighted by Gasteiger charge is 2.34. The van der Waals surface area contributed by atoms with Gasteiger partial charge in [0.2, 0.25) is 0 Å². The molecule has 1 fully saturated rings. The molecule has 3 aromatic rings. The summed E-state index contributed by atoms with van der Waals surface area (Å²) in [5, 5.41) is 11.0. The van der Waals surface area contributed by atoms with E-state index in [2.05, 4.69) is 22.0 Å². The van der Waals surface area contributed by atoms with E-state index in [0.717, 1.165) is 44.0 Å². The molecule has 6 nitrogen and oxygen atoms in total. The van der Waals surface area contributed by atoms with Crippen molar-refractivity contribution in [2.75, 3.05) is 26.3 Å². The number of aliphatic hydroxyl groups is 1. The van der Waals surface area contributed by atoms with Crippen LogP contribution in [0.5, 0.6) is 11.5 Å². The molecule has 4 rings (SSSR count). The fourth-order valence-electron chi connectivity index (χ4n) is 3.87. The monoisotopic (exact) mass is 407 g/mol. The number of imidazole rings is 1. The molecule has 30 heavy (non-hydrogen) atoms. The predicted molar refractivity (Wildman–Crippen MR) is 116 cm³/mol. The Balaban J connectivity index is 1.29. The van der Waals surface area contributed by atoms with Gasteiger partial charge in [0, 0.05) is 25.5 Å². The molecule has 0 aliphatic carbocycles. The molecule has 0 spiro atoms. The van der Waals surface area contributed by atoms with Crippen molar-refractivity contribution in [1.82, 2.24) is 14.5 Å². The maximum Gasteiger partial charge on any atom is 0.119 e. The van der Waals surface area contributed by atoms with Gasteiger partial charge < -0.3 is 19.1 Å². The SMILES string of the molecule is OC1(COc2ccccc2)CCCN(Cc2cccc(OCCn3ccnc3)c2)C1. The van der Waals surface area contributed by atoms with E-state index < -0.39 is 5.60 Å². The van der Waals surface area contributed by atoms with Crippen molar-refractivity contribution < 1.29 is 14.6 Å². The molecule has 1 aliphatic heterocycles. The topological polar surface area (TPSA) is 59.8 Å². The molecule has 1 unspecified atom stereocenters. The Morgan fingerprint density at radius 2 is 1.90 bits per heavy atom. The van der Waals surface area contributed by atoms with E-state index in [-0.39, 0.29) is 0 Å². The van der Waals surface area contributed by atoms with Crippen molar-refractivity contribution in [3.8, 4) is 11.5 Å². The lowest BCUT2D eigenvalue weighted by molar-refractivity contribution is -0.0621. The van der Waals surface area contributed by atoms with Crippen molar-refractivity contribution in [2.45, 2.75) is 31.5 Å². The number of benzene rings is 2. The molecule has 1 aliphatic rings. The molecule has 0 saturated carbocycles. The van der Waals surface area contributed by atoms with E-state index in [1.54, 1.807) is 12.5 Å². The van der Waals surface area contributed by atoms with Crippen LogP contribution in [-0.2, 0) is 13.1 Å². The minimum Gasteiger partial charge on any atom is -0.492 e. The Morgan fingerprint density at radius 3 is 2.73 bits per heavy atom. The average molecular weight is 408 g/mol. The Morgan fingerprint density at radius 1 is 1.03 bits per heavy atom. The number of nitrogens with zero attached hydrogens (tertiary/aromatic N) is 3. The van der Waals surface area contributed by atoms with Crippen molar-refractivity contribution in [3.05, 3.63) is 78.9 Å². The quantitative estimate of drug-likeness (QED) is 0.589. The molecule has 6 heteroatoms. The van der Waals surface area contributed by atoms with E-state index in [1.165, 1.54) is 5.56 Å². The highest BCUT2D eigenvalue weighted by Crippen LogP contribution is 2.25. The van der Waals surface area contributed by atoms with Gasteiger partial charge in [-0.3, -0.25) is 4.90 Å². The summed E-state index contributed by atoms with van der Waals surface area (Å²) in [5.74, 6) is 1.66.